The van der Waals surface area contributed by atoms with E-state index in [4.69, 9.17) is 5.73 Å². The number of carbonyl (C=O) groups excluding carboxylic acids is 2. The molecule has 4 N–H and O–H groups in total. The molecular weight excluding hydrogens is 218 g/mol. The Morgan fingerprint density at radius 1 is 1.29 bits per heavy atom. The molecule has 0 aliphatic carbocycles. The van der Waals surface area contributed by atoms with Gasteiger partial charge in [-0.05, 0) is 18.1 Å². The maximum atomic E-state index is 11.5. The molecule has 0 bridgehead atoms. The minimum atomic E-state index is -0.423. The fourth-order valence-corrected chi connectivity index (χ4v) is 1.39. The smallest absolute Gasteiger partial charge is 0.319 e. The molecule has 0 fully saturated rings. The van der Waals surface area contributed by atoms with E-state index in [1.807, 2.05) is 6.92 Å². The first-order chi connectivity index (χ1) is 8.13. The van der Waals surface area contributed by atoms with Crippen LogP contribution in [0.4, 0.5) is 10.5 Å². The summed E-state index contributed by atoms with van der Waals surface area (Å²) in [6.07, 6.45) is 0.987. The molecule has 0 atom stereocenters. The molecule has 1 aromatic carbocycles. The quantitative estimate of drug-likeness (QED) is 0.717. The summed E-state index contributed by atoms with van der Waals surface area (Å²) >= 11 is 0. The van der Waals surface area contributed by atoms with E-state index in [9.17, 15) is 9.59 Å². The summed E-state index contributed by atoms with van der Waals surface area (Å²) in [5.41, 5.74) is 6.46. The lowest BCUT2D eigenvalue weighted by Gasteiger charge is -2.10. The highest BCUT2D eigenvalue weighted by Crippen LogP contribution is 2.15. The maximum Gasteiger partial charge on any atom is 0.319 e. The Labute approximate surface area is 100 Å². The molecule has 5 nitrogen and oxygen atoms in total. The summed E-state index contributed by atoms with van der Waals surface area (Å²) in [6, 6.07) is 6.82. The molecule has 3 amide bonds. The lowest BCUT2D eigenvalue weighted by Crippen LogP contribution is -2.29. The van der Waals surface area contributed by atoms with Crippen LogP contribution in [0.3, 0.4) is 0 Å². The topological polar surface area (TPSA) is 84.2 Å². The molecule has 0 aromatic heterocycles. The van der Waals surface area contributed by atoms with Gasteiger partial charge in [0.1, 0.15) is 0 Å². The van der Waals surface area contributed by atoms with E-state index in [2.05, 4.69) is 10.6 Å². The number of para-hydroxylation sites is 1. The minimum absolute atomic E-state index is 0.115. The average Bonchev–Trinajstić information content (AvgIpc) is 2.28. The van der Waals surface area contributed by atoms with Gasteiger partial charge in [-0.25, -0.2) is 4.79 Å². The van der Waals surface area contributed by atoms with Gasteiger partial charge in [0.2, 0.25) is 5.91 Å². The van der Waals surface area contributed by atoms with Crippen molar-refractivity contribution in [2.45, 2.75) is 19.8 Å². The first-order valence-electron chi connectivity index (χ1n) is 5.54. The van der Waals surface area contributed by atoms with Crippen LogP contribution in [-0.2, 0) is 11.2 Å². The van der Waals surface area contributed by atoms with Crippen LogP contribution in [0.25, 0.3) is 0 Å². The van der Waals surface area contributed by atoms with Crippen LogP contribution in [0.15, 0.2) is 24.3 Å². The summed E-state index contributed by atoms with van der Waals surface area (Å²) < 4.78 is 0. The number of urea groups is 1. The zero-order valence-corrected chi connectivity index (χ0v) is 9.82. The van der Waals surface area contributed by atoms with E-state index in [1.54, 1.807) is 24.3 Å². The van der Waals surface area contributed by atoms with Crippen LogP contribution in [0, 0.1) is 0 Å². The predicted octanol–water partition coefficient (Wildman–Crippen LogP) is 1.25. The van der Waals surface area contributed by atoms with Crippen molar-refractivity contribution in [3.63, 3.8) is 0 Å². The molecule has 0 unspecified atom stereocenters. The van der Waals surface area contributed by atoms with Gasteiger partial charge in [0, 0.05) is 12.2 Å². The monoisotopic (exact) mass is 235 g/mol. The number of nitrogens with one attached hydrogen (secondary N) is 2. The van der Waals surface area contributed by atoms with Gasteiger partial charge in [0.15, 0.2) is 0 Å². The highest BCUT2D eigenvalue weighted by molar-refractivity contribution is 5.91. The van der Waals surface area contributed by atoms with E-state index in [0.29, 0.717) is 17.8 Å². The van der Waals surface area contributed by atoms with Crippen molar-refractivity contribution < 1.29 is 9.59 Å². The zero-order valence-electron chi connectivity index (χ0n) is 9.82. The van der Waals surface area contributed by atoms with Gasteiger partial charge in [-0.15, -0.1) is 0 Å². The van der Waals surface area contributed by atoms with Crippen molar-refractivity contribution in [1.29, 1.82) is 0 Å². The van der Waals surface area contributed by atoms with Gasteiger partial charge in [-0.2, -0.15) is 0 Å². The lowest BCUT2D eigenvalue weighted by molar-refractivity contribution is -0.117. The molecule has 0 heterocycles. The van der Waals surface area contributed by atoms with Crippen LogP contribution < -0.4 is 16.4 Å². The maximum absolute atomic E-state index is 11.5. The number of anilines is 1. The van der Waals surface area contributed by atoms with Crippen LogP contribution in [0.5, 0.6) is 0 Å². The highest BCUT2D eigenvalue weighted by Gasteiger charge is 2.07. The van der Waals surface area contributed by atoms with Crippen LogP contribution in [0.2, 0.25) is 0 Å². The zero-order chi connectivity index (χ0) is 12.7. The Morgan fingerprint density at radius 2 is 2.00 bits per heavy atom. The summed E-state index contributed by atoms with van der Waals surface area (Å²) in [7, 11) is 0. The third-order valence-electron chi connectivity index (χ3n) is 2.17. The second kappa shape index (κ2) is 6.52. The van der Waals surface area contributed by atoms with E-state index in [0.717, 1.165) is 6.42 Å². The van der Waals surface area contributed by atoms with Gasteiger partial charge in [-0.3, -0.25) is 4.79 Å². The lowest BCUT2D eigenvalue weighted by atomic mass is 10.1. The Bertz CT molecular complexity index is 404. The SMILES string of the molecule is CCCNC(=O)Nc1ccccc1CC(N)=O. The Kier molecular flexibility index (Phi) is 5.00. The molecule has 0 saturated carbocycles. The van der Waals surface area contributed by atoms with Crippen LogP contribution in [0.1, 0.15) is 18.9 Å². The summed E-state index contributed by atoms with van der Waals surface area (Å²) in [5, 5.41) is 5.39. The van der Waals surface area contributed by atoms with Crippen molar-refractivity contribution in [2.24, 2.45) is 5.73 Å². The molecule has 0 saturated heterocycles. The minimum Gasteiger partial charge on any atom is -0.369 e. The van der Waals surface area contributed by atoms with Gasteiger partial charge in [0.05, 0.1) is 6.42 Å². The van der Waals surface area contributed by atoms with Gasteiger partial charge in [0.25, 0.3) is 0 Å². The van der Waals surface area contributed by atoms with Crippen molar-refractivity contribution in [2.75, 3.05) is 11.9 Å². The number of primary amides is 1. The summed E-state index contributed by atoms with van der Waals surface area (Å²) in [6.45, 7) is 2.59. The molecule has 92 valence electrons. The first-order valence-corrected chi connectivity index (χ1v) is 5.54. The second-order valence-corrected chi connectivity index (χ2v) is 3.68. The van der Waals surface area contributed by atoms with Crippen LogP contribution in [-0.4, -0.2) is 18.5 Å². The molecule has 0 radical (unpaired) electrons. The molecule has 0 aliphatic heterocycles. The number of amides is 3. The third-order valence-corrected chi connectivity index (χ3v) is 2.17. The standard InChI is InChI=1S/C12H17N3O2/c1-2-7-14-12(17)15-10-6-4-3-5-9(10)8-11(13)16/h3-6H,2,7-8H2,1H3,(H2,13,16)(H2,14,15,17). The van der Waals surface area contributed by atoms with Gasteiger partial charge >= 0.3 is 6.03 Å². The fraction of sp³-hybridized carbons (Fsp3) is 0.333. The Morgan fingerprint density at radius 3 is 2.65 bits per heavy atom. The number of carbonyl (C=O) groups is 2. The summed E-state index contributed by atoms with van der Waals surface area (Å²) in [4.78, 5) is 22.3. The summed E-state index contributed by atoms with van der Waals surface area (Å²) in [5.74, 6) is -0.423. The molecule has 1 rings (SSSR count). The molecule has 5 heteroatoms. The van der Waals surface area contributed by atoms with Crippen molar-refractivity contribution in [3.05, 3.63) is 29.8 Å². The molecular formula is C12H17N3O2. The molecule has 0 spiro atoms. The van der Waals surface area contributed by atoms with Gasteiger partial charge in [-0.1, -0.05) is 25.1 Å². The van der Waals surface area contributed by atoms with E-state index in [-0.39, 0.29) is 12.5 Å². The Balaban J connectivity index is 2.69. The van der Waals surface area contributed by atoms with E-state index in [1.165, 1.54) is 0 Å². The van der Waals surface area contributed by atoms with Crippen molar-refractivity contribution in [3.8, 4) is 0 Å². The fourth-order valence-electron chi connectivity index (χ4n) is 1.39. The number of nitrogens with two attached hydrogens (primary N) is 1. The average molecular weight is 235 g/mol. The number of benzene rings is 1. The largest absolute Gasteiger partial charge is 0.369 e. The van der Waals surface area contributed by atoms with Crippen molar-refractivity contribution >= 4 is 17.6 Å². The molecule has 0 aliphatic rings. The second-order valence-electron chi connectivity index (χ2n) is 3.68. The van der Waals surface area contributed by atoms with Crippen molar-refractivity contribution in [1.82, 2.24) is 5.32 Å². The number of hydrogen-bond donors (Lipinski definition) is 3. The first kappa shape index (κ1) is 13.0. The Hall–Kier alpha value is -2.04. The molecule has 17 heavy (non-hydrogen) atoms. The molecule has 1 aromatic rings. The highest BCUT2D eigenvalue weighted by atomic mass is 16.2. The van der Waals surface area contributed by atoms with Gasteiger partial charge < -0.3 is 16.4 Å². The van der Waals surface area contributed by atoms with E-state index >= 15 is 0 Å². The van der Waals surface area contributed by atoms with E-state index < -0.39 is 5.91 Å². The predicted molar refractivity (Wildman–Crippen MR) is 66.7 cm³/mol. The number of rotatable bonds is 5. The number of hydrogen-bond acceptors (Lipinski definition) is 2. The van der Waals surface area contributed by atoms with Crippen LogP contribution >= 0.6 is 0 Å². The third kappa shape index (κ3) is 4.55. The normalized spacial score (nSPS) is 9.71.